The summed E-state index contributed by atoms with van der Waals surface area (Å²) >= 11 is 7.49. The van der Waals surface area contributed by atoms with Crippen molar-refractivity contribution < 1.29 is 9.53 Å². The summed E-state index contributed by atoms with van der Waals surface area (Å²) < 4.78 is 7.19. The van der Waals surface area contributed by atoms with E-state index in [1.807, 2.05) is 28.8 Å². The van der Waals surface area contributed by atoms with E-state index in [1.165, 1.54) is 6.92 Å². The van der Waals surface area contributed by atoms with Gasteiger partial charge >= 0.3 is 0 Å². The standard InChI is InChI=1S/C15H19ClN4O2S/c1-11(21)17-7-10-23-15-19-18-14(20(15)8-9-22-2)12-3-5-13(16)6-4-12/h3-6H,7-10H2,1-2H3,(H,17,21). The highest BCUT2D eigenvalue weighted by Crippen LogP contribution is 2.24. The first-order chi connectivity index (χ1) is 11.1. The summed E-state index contributed by atoms with van der Waals surface area (Å²) in [5.74, 6) is 1.47. The fraction of sp³-hybridized carbons (Fsp3) is 0.400. The number of nitrogens with one attached hydrogen (secondary N) is 1. The van der Waals surface area contributed by atoms with Crippen molar-refractivity contribution in [3.05, 3.63) is 29.3 Å². The number of thioether (sulfide) groups is 1. The molecule has 1 aromatic heterocycles. The Kier molecular flexibility index (Phi) is 6.88. The van der Waals surface area contributed by atoms with Crippen molar-refractivity contribution >= 4 is 29.3 Å². The maximum absolute atomic E-state index is 10.9. The van der Waals surface area contributed by atoms with Crippen LogP contribution in [0.15, 0.2) is 29.4 Å². The number of rotatable bonds is 8. The quantitative estimate of drug-likeness (QED) is 0.582. The molecule has 0 radical (unpaired) electrons. The highest BCUT2D eigenvalue weighted by atomic mass is 35.5. The number of nitrogens with zero attached hydrogens (tertiary/aromatic N) is 3. The van der Waals surface area contributed by atoms with Crippen molar-refractivity contribution in [2.75, 3.05) is 26.0 Å². The number of methoxy groups -OCH3 is 1. The van der Waals surface area contributed by atoms with E-state index >= 15 is 0 Å². The Labute approximate surface area is 144 Å². The van der Waals surface area contributed by atoms with E-state index in [2.05, 4.69) is 15.5 Å². The summed E-state index contributed by atoms with van der Waals surface area (Å²) in [7, 11) is 1.66. The van der Waals surface area contributed by atoms with Gasteiger partial charge in [0.2, 0.25) is 5.91 Å². The van der Waals surface area contributed by atoms with Gasteiger partial charge in [-0.3, -0.25) is 9.36 Å². The SMILES string of the molecule is COCCn1c(SCCNC(C)=O)nnc1-c1ccc(Cl)cc1. The second-order valence-corrected chi connectivity index (χ2v) is 6.29. The monoisotopic (exact) mass is 354 g/mol. The third-order valence-corrected chi connectivity index (χ3v) is 4.27. The van der Waals surface area contributed by atoms with Gasteiger partial charge in [-0.1, -0.05) is 23.4 Å². The topological polar surface area (TPSA) is 69.0 Å². The molecule has 0 atom stereocenters. The minimum Gasteiger partial charge on any atom is -0.383 e. The maximum atomic E-state index is 10.9. The van der Waals surface area contributed by atoms with Gasteiger partial charge in [-0.25, -0.2) is 0 Å². The van der Waals surface area contributed by atoms with Crippen molar-refractivity contribution in [1.29, 1.82) is 0 Å². The normalized spacial score (nSPS) is 10.7. The molecule has 0 bridgehead atoms. The molecule has 0 aliphatic rings. The number of carbonyl (C=O) groups excluding carboxylic acids is 1. The lowest BCUT2D eigenvalue weighted by atomic mass is 10.2. The third kappa shape index (κ3) is 5.23. The van der Waals surface area contributed by atoms with Crippen LogP contribution in [0.3, 0.4) is 0 Å². The molecule has 0 fully saturated rings. The largest absolute Gasteiger partial charge is 0.383 e. The van der Waals surface area contributed by atoms with Crippen LogP contribution in [-0.4, -0.2) is 46.7 Å². The minimum atomic E-state index is -0.0340. The lowest BCUT2D eigenvalue weighted by Crippen LogP contribution is -2.22. The molecule has 0 aliphatic heterocycles. The maximum Gasteiger partial charge on any atom is 0.216 e. The fourth-order valence-corrected chi connectivity index (χ4v) is 2.91. The second kappa shape index (κ2) is 8.90. The average molecular weight is 355 g/mol. The molecule has 1 aromatic carbocycles. The summed E-state index contributed by atoms with van der Waals surface area (Å²) in [4.78, 5) is 10.9. The van der Waals surface area contributed by atoms with E-state index in [0.29, 0.717) is 24.7 Å². The molecule has 8 heteroatoms. The molecule has 0 unspecified atom stereocenters. The van der Waals surface area contributed by atoms with Crippen LogP contribution in [0.2, 0.25) is 5.02 Å². The summed E-state index contributed by atoms with van der Waals surface area (Å²) in [6.45, 7) is 3.32. The van der Waals surface area contributed by atoms with E-state index in [-0.39, 0.29) is 5.91 Å². The molecule has 2 rings (SSSR count). The van der Waals surface area contributed by atoms with E-state index in [0.717, 1.165) is 22.3 Å². The second-order valence-electron chi connectivity index (χ2n) is 4.79. The summed E-state index contributed by atoms with van der Waals surface area (Å²) in [6, 6.07) is 7.49. The first-order valence-corrected chi connectivity index (χ1v) is 8.53. The molecule has 2 aromatic rings. The molecule has 0 saturated heterocycles. The van der Waals surface area contributed by atoms with E-state index < -0.39 is 0 Å². The Morgan fingerprint density at radius 1 is 1.35 bits per heavy atom. The van der Waals surface area contributed by atoms with Gasteiger partial charge in [0.05, 0.1) is 13.2 Å². The van der Waals surface area contributed by atoms with E-state index in [9.17, 15) is 4.79 Å². The highest BCUT2D eigenvalue weighted by Gasteiger charge is 2.14. The van der Waals surface area contributed by atoms with Crippen molar-refractivity contribution in [3.63, 3.8) is 0 Å². The number of amides is 1. The lowest BCUT2D eigenvalue weighted by Gasteiger charge is -2.10. The first-order valence-electron chi connectivity index (χ1n) is 7.17. The third-order valence-electron chi connectivity index (χ3n) is 3.05. The molecule has 6 nitrogen and oxygen atoms in total. The van der Waals surface area contributed by atoms with Gasteiger partial charge in [-0.15, -0.1) is 10.2 Å². The van der Waals surface area contributed by atoms with Crippen LogP contribution in [-0.2, 0) is 16.1 Å². The van der Waals surface area contributed by atoms with Crippen LogP contribution in [0.25, 0.3) is 11.4 Å². The van der Waals surface area contributed by atoms with Gasteiger partial charge in [0.1, 0.15) is 0 Å². The highest BCUT2D eigenvalue weighted by molar-refractivity contribution is 7.99. The smallest absolute Gasteiger partial charge is 0.216 e. The van der Waals surface area contributed by atoms with Crippen LogP contribution in [0.5, 0.6) is 0 Å². The van der Waals surface area contributed by atoms with Crippen molar-refractivity contribution in [3.8, 4) is 11.4 Å². The van der Waals surface area contributed by atoms with Gasteiger partial charge in [-0.05, 0) is 24.3 Å². The number of hydrogen-bond acceptors (Lipinski definition) is 5. The molecular formula is C15H19ClN4O2S. The molecule has 0 spiro atoms. The number of benzene rings is 1. The Bertz CT molecular complexity index is 645. The molecule has 1 N–H and O–H groups in total. The van der Waals surface area contributed by atoms with Gasteiger partial charge in [0.15, 0.2) is 11.0 Å². The Balaban J connectivity index is 2.15. The molecule has 0 aliphatic carbocycles. The average Bonchev–Trinajstić information content (AvgIpc) is 2.93. The number of carbonyl (C=O) groups is 1. The predicted octanol–water partition coefficient (Wildman–Crippen LogP) is 2.47. The molecule has 23 heavy (non-hydrogen) atoms. The van der Waals surface area contributed by atoms with Gasteiger partial charge in [-0.2, -0.15) is 0 Å². The van der Waals surface area contributed by atoms with Crippen LogP contribution < -0.4 is 5.32 Å². The molecule has 0 saturated carbocycles. The van der Waals surface area contributed by atoms with Crippen LogP contribution in [0.1, 0.15) is 6.92 Å². The molecule has 1 amide bonds. The summed E-state index contributed by atoms with van der Waals surface area (Å²) in [5, 5.41) is 12.8. The molecule has 124 valence electrons. The Morgan fingerprint density at radius 2 is 2.09 bits per heavy atom. The molecular weight excluding hydrogens is 336 g/mol. The number of ether oxygens (including phenoxy) is 1. The zero-order valence-electron chi connectivity index (χ0n) is 13.1. The summed E-state index contributed by atoms with van der Waals surface area (Å²) in [5.41, 5.74) is 0.951. The van der Waals surface area contributed by atoms with Crippen LogP contribution in [0, 0.1) is 0 Å². The van der Waals surface area contributed by atoms with Crippen LogP contribution in [0.4, 0.5) is 0 Å². The lowest BCUT2D eigenvalue weighted by molar-refractivity contribution is -0.118. The number of aromatic nitrogens is 3. The van der Waals surface area contributed by atoms with Gasteiger partial charge < -0.3 is 10.1 Å². The van der Waals surface area contributed by atoms with Crippen molar-refractivity contribution in [2.24, 2.45) is 0 Å². The number of hydrogen-bond donors (Lipinski definition) is 1. The Hall–Kier alpha value is -1.57. The Morgan fingerprint density at radius 3 is 2.74 bits per heavy atom. The zero-order valence-corrected chi connectivity index (χ0v) is 14.7. The zero-order chi connectivity index (χ0) is 16.7. The minimum absolute atomic E-state index is 0.0340. The predicted molar refractivity (Wildman–Crippen MR) is 91.8 cm³/mol. The van der Waals surface area contributed by atoms with Crippen molar-refractivity contribution in [2.45, 2.75) is 18.6 Å². The van der Waals surface area contributed by atoms with Crippen molar-refractivity contribution in [1.82, 2.24) is 20.1 Å². The number of halogens is 1. The van der Waals surface area contributed by atoms with Gasteiger partial charge in [0, 0.05) is 36.9 Å². The fourth-order valence-electron chi connectivity index (χ4n) is 1.96. The van der Waals surface area contributed by atoms with Crippen LogP contribution >= 0.6 is 23.4 Å². The van der Waals surface area contributed by atoms with E-state index in [4.69, 9.17) is 16.3 Å². The van der Waals surface area contributed by atoms with Gasteiger partial charge in [0.25, 0.3) is 0 Å². The first kappa shape index (κ1) is 17.8. The molecule has 1 heterocycles. The van der Waals surface area contributed by atoms with E-state index in [1.54, 1.807) is 18.9 Å². The summed E-state index contributed by atoms with van der Waals surface area (Å²) in [6.07, 6.45) is 0.